The Morgan fingerprint density at radius 3 is 2.60 bits per heavy atom. The van der Waals surface area contributed by atoms with Gasteiger partial charge in [0.05, 0.1) is 9.72 Å². The van der Waals surface area contributed by atoms with Gasteiger partial charge >= 0.3 is 0 Å². The van der Waals surface area contributed by atoms with Crippen LogP contribution in [0.15, 0.2) is 17.0 Å². The van der Waals surface area contributed by atoms with Crippen LogP contribution in [-0.2, 0) is 10.0 Å². The summed E-state index contributed by atoms with van der Waals surface area (Å²) < 4.78 is 23.5. The molecule has 2 aromatic rings. The Bertz CT molecular complexity index is 636. The minimum atomic E-state index is -3.89. The first-order valence-corrected chi connectivity index (χ1v) is 6.79. The molecule has 8 heteroatoms. The van der Waals surface area contributed by atoms with Crippen LogP contribution in [0.4, 0.5) is 0 Å². The largest absolute Gasteiger partial charge is 0.241 e. The highest BCUT2D eigenvalue weighted by Gasteiger charge is 2.19. The topological polar surface area (TPSA) is 73.1 Å². The predicted molar refractivity (Wildman–Crippen MR) is 61.0 cm³/mol. The van der Waals surface area contributed by atoms with E-state index >= 15 is 0 Å². The maximum Gasteiger partial charge on any atom is 0.241 e. The van der Waals surface area contributed by atoms with E-state index in [0.29, 0.717) is 4.70 Å². The summed E-state index contributed by atoms with van der Waals surface area (Å²) >= 11 is 12.6. The molecule has 4 nitrogen and oxygen atoms in total. The molecule has 0 unspecified atom stereocenters. The molecular weight excluding hydrogens is 279 g/mol. The highest BCUT2D eigenvalue weighted by atomic mass is 35.5. The van der Waals surface area contributed by atoms with Crippen molar-refractivity contribution < 1.29 is 8.42 Å². The zero-order valence-corrected chi connectivity index (χ0v) is 10.2. The monoisotopic (exact) mass is 282 g/mol. The van der Waals surface area contributed by atoms with E-state index in [4.69, 9.17) is 28.3 Å². The second-order valence-electron chi connectivity index (χ2n) is 2.74. The Morgan fingerprint density at radius 1 is 1.33 bits per heavy atom. The normalized spacial score (nSPS) is 12.2. The fraction of sp³-hybridized carbons (Fsp3) is 0. The molecule has 2 rings (SSSR count). The molecular formula is C7H4Cl2N2O2S2. The number of thiazole rings is 1. The summed E-state index contributed by atoms with van der Waals surface area (Å²) in [5.74, 6) is 0. The molecule has 0 aliphatic heterocycles. The zero-order valence-electron chi connectivity index (χ0n) is 7.07. The summed E-state index contributed by atoms with van der Waals surface area (Å²) in [5.41, 5.74) is 0.222. The fourth-order valence-electron chi connectivity index (χ4n) is 1.19. The van der Waals surface area contributed by atoms with E-state index in [1.54, 1.807) is 6.07 Å². The number of fused-ring (bicyclic) bond motifs is 1. The molecule has 1 aromatic heterocycles. The van der Waals surface area contributed by atoms with Crippen LogP contribution < -0.4 is 5.14 Å². The molecule has 0 atom stereocenters. The summed E-state index contributed by atoms with van der Waals surface area (Å²) in [6.07, 6.45) is 0. The van der Waals surface area contributed by atoms with E-state index in [1.165, 1.54) is 17.4 Å². The lowest BCUT2D eigenvalue weighted by molar-refractivity contribution is 0.598. The van der Waals surface area contributed by atoms with Crippen molar-refractivity contribution in [2.24, 2.45) is 5.14 Å². The maximum atomic E-state index is 11.3. The summed E-state index contributed by atoms with van der Waals surface area (Å²) in [5, 5.41) is 5.09. The van der Waals surface area contributed by atoms with E-state index in [0.717, 1.165) is 0 Å². The standard InChI is InChI=1S/C7H4Cl2N2O2S2/c8-3-1-2-4-5(11-7(9)14-4)6(3)15(10,12)13/h1-2H,(H2,10,12,13). The minimum absolute atomic E-state index is 0.0481. The van der Waals surface area contributed by atoms with E-state index in [1.807, 2.05) is 0 Å². The van der Waals surface area contributed by atoms with Crippen molar-refractivity contribution in [3.8, 4) is 0 Å². The molecule has 1 heterocycles. The third kappa shape index (κ3) is 1.95. The van der Waals surface area contributed by atoms with Gasteiger partial charge in [0.15, 0.2) is 4.47 Å². The van der Waals surface area contributed by atoms with Crippen LogP contribution >= 0.6 is 34.5 Å². The van der Waals surface area contributed by atoms with Crippen LogP contribution in [0.25, 0.3) is 10.2 Å². The maximum absolute atomic E-state index is 11.3. The summed E-state index contributed by atoms with van der Waals surface area (Å²) in [6.45, 7) is 0. The van der Waals surface area contributed by atoms with Gasteiger partial charge in [-0.3, -0.25) is 0 Å². The second-order valence-corrected chi connectivity index (χ2v) is 6.25. The average Bonchev–Trinajstić information content (AvgIpc) is 2.41. The molecule has 2 N–H and O–H groups in total. The number of primary sulfonamides is 1. The van der Waals surface area contributed by atoms with Crippen molar-refractivity contribution in [1.82, 2.24) is 4.98 Å². The van der Waals surface area contributed by atoms with E-state index in [2.05, 4.69) is 4.98 Å². The van der Waals surface area contributed by atoms with Crippen molar-refractivity contribution in [1.29, 1.82) is 0 Å². The average molecular weight is 283 g/mol. The number of sulfonamides is 1. The first-order valence-electron chi connectivity index (χ1n) is 3.67. The van der Waals surface area contributed by atoms with Gasteiger partial charge in [-0.15, -0.1) is 11.3 Å². The van der Waals surface area contributed by atoms with Crippen molar-refractivity contribution in [2.45, 2.75) is 4.90 Å². The molecule has 0 fully saturated rings. The van der Waals surface area contributed by atoms with Crippen LogP contribution in [0.1, 0.15) is 0 Å². The van der Waals surface area contributed by atoms with Crippen LogP contribution in [0.3, 0.4) is 0 Å². The number of benzene rings is 1. The number of hydrogen-bond acceptors (Lipinski definition) is 4. The quantitative estimate of drug-likeness (QED) is 0.872. The summed E-state index contributed by atoms with van der Waals surface area (Å²) in [6, 6.07) is 3.11. The molecule has 0 aliphatic rings. The Kier molecular flexibility index (Phi) is 2.64. The molecule has 80 valence electrons. The first kappa shape index (κ1) is 11.1. The Hall–Kier alpha value is -0.400. The number of hydrogen-bond donors (Lipinski definition) is 1. The first-order chi connectivity index (χ1) is 6.89. The zero-order chi connectivity index (χ0) is 11.2. The van der Waals surface area contributed by atoms with E-state index in [9.17, 15) is 8.42 Å². The molecule has 0 radical (unpaired) electrons. The molecule has 0 bridgehead atoms. The van der Waals surface area contributed by atoms with Gasteiger partial charge < -0.3 is 0 Å². The number of nitrogens with zero attached hydrogens (tertiary/aromatic N) is 1. The lowest BCUT2D eigenvalue weighted by Gasteiger charge is -2.01. The van der Waals surface area contributed by atoms with Crippen molar-refractivity contribution >= 4 is 54.8 Å². The van der Waals surface area contributed by atoms with Crippen LogP contribution in [-0.4, -0.2) is 13.4 Å². The Labute approximate surface area is 99.7 Å². The van der Waals surface area contributed by atoms with Gasteiger partial charge in [-0.05, 0) is 12.1 Å². The predicted octanol–water partition coefficient (Wildman–Crippen LogP) is 2.25. The van der Waals surface area contributed by atoms with Crippen molar-refractivity contribution in [3.05, 3.63) is 21.6 Å². The molecule has 0 amide bonds. The lowest BCUT2D eigenvalue weighted by atomic mass is 10.3. The second kappa shape index (κ2) is 3.57. The van der Waals surface area contributed by atoms with Crippen LogP contribution in [0.2, 0.25) is 9.49 Å². The van der Waals surface area contributed by atoms with Gasteiger partial charge in [-0.2, -0.15) is 0 Å². The van der Waals surface area contributed by atoms with Crippen LogP contribution in [0, 0.1) is 0 Å². The summed E-state index contributed by atoms with van der Waals surface area (Å²) in [7, 11) is -3.89. The van der Waals surface area contributed by atoms with Gasteiger partial charge in [-0.25, -0.2) is 18.5 Å². The number of aromatic nitrogens is 1. The highest BCUT2D eigenvalue weighted by Crippen LogP contribution is 2.33. The van der Waals surface area contributed by atoms with Gasteiger partial charge in [0.2, 0.25) is 10.0 Å². The lowest BCUT2D eigenvalue weighted by Crippen LogP contribution is -2.13. The third-order valence-electron chi connectivity index (χ3n) is 1.72. The molecule has 15 heavy (non-hydrogen) atoms. The van der Waals surface area contributed by atoms with E-state index in [-0.39, 0.29) is 19.9 Å². The van der Waals surface area contributed by atoms with Crippen molar-refractivity contribution in [3.63, 3.8) is 0 Å². The number of rotatable bonds is 1. The fourth-order valence-corrected chi connectivity index (χ4v) is 3.53. The molecule has 1 aromatic carbocycles. The highest BCUT2D eigenvalue weighted by molar-refractivity contribution is 7.89. The van der Waals surface area contributed by atoms with Gasteiger partial charge in [0, 0.05) is 0 Å². The SMILES string of the molecule is NS(=O)(=O)c1c(Cl)ccc2sc(Cl)nc12. The third-order valence-corrected chi connectivity index (χ3v) is 4.26. The number of halogens is 2. The van der Waals surface area contributed by atoms with E-state index < -0.39 is 10.0 Å². The molecule has 0 saturated carbocycles. The minimum Gasteiger partial charge on any atom is -0.225 e. The number of nitrogens with two attached hydrogens (primary N) is 1. The van der Waals surface area contributed by atoms with Gasteiger partial charge in [-0.1, -0.05) is 23.2 Å². The molecule has 0 saturated heterocycles. The van der Waals surface area contributed by atoms with Gasteiger partial charge in [0.1, 0.15) is 10.4 Å². The smallest absolute Gasteiger partial charge is 0.225 e. The molecule has 0 aliphatic carbocycles. The molecule has 0 spiro atoms. The van der Waals surface area contributed by atoms with Gasteiger partial charge in [0.25, 0.3) is 0 Å². The van der Waals surface area contributed by atoms with Crippen molar-refractivity contribution in [2.75, 3.05) is 0 Å². The Balaban J connectivity index is 2.98. The Morgan fingerprint density at radius 2 is 2.00 bits per heavy atom. The van der Waals surface area contributed by atoms with Crippen LogP contribution in [0.5, 0.6) is 0 Å². The summed E-state index contributed by atoms with van der Waals surface area (Å²) in [4.78, 5) is 3.70.